The number of rotatable bonds is 22. The van der Waals surface area contributed by atoms with Gasteiger partial charge in [-0.1, -0.05) is 106 Å². The van der Waals surface area contributed by atoms with Crippen molar-refractivity contribution in [1.82, 2.24) is 5.32 Å². The van der Waals surface area contributed by atoms with Crippen LogP contribution in [0.3, 0.4) is 0 Å². The van der Waals surface area contributed by atoms with Gasteiger partial charge in [0.25, 0.3) is 0 Å². The summed E-state index contributed by atoms with van der Waals surface area (Å²) < 4.78 is 5.91. The van der Waals surface area contributed by atoms with Gasteiger partial charge in [0, 0.05) is 13.0 Å². The van der Waals surface area contributed by atoms with E-state index in [4.69, 9.17) is 4.74 Å². The molecule has 3 nitrogen and oxygen atoms in total. The zero-order valence-corrected chi connectivity index (χ0v) is 22.3. The lowest BCUT2D eigenvalue weighted by Crippen LogP contribution is -2.28. The lowest BCUT2D eigenvalue weighted by molar-refractivity contribution is -0.122. The quantitative estimate of drug-likeness (QED) is 0.172. The Balaban J connectivity index is 3.88. The van der Waals surface area contributed by atoms with Crippen LogP contribution >= 0.6 is 0 Å². The second-order valence-corrected chi connectivity index (χ2v) is 10.6. The van der Waals surface area contributed by atoms with Crippen molar-refractivity contribution in [1.29, 1.82) is 0 Å². The fourth-order valence-corrected chi connectivity index (χ4v) is 4.59. The number of carbonyl (C=O) groups is 1. The van der Waals surface area contributed by atoms with Gasteiger partial charge in [-0.25, -0.2) is 0 Å². The van der Waals surface area contributed by atoms with Crippen LogP contribution in [0.5, 0.6) is 0 Å². The Bertz CT molecular complexity index is 425. The van der Waals surface area contributed by atoms with Crippen molar-refractivity contribution in [2.45, 2.75) is 144 Å². The first-order valence-corrected chi connectivity index (χ1v) is 13.7. The van der Waals surface area contributed by atoms with Gasteiger partial charge in [-0.2, -0.15) is 0 Å². The number of carbonyl (C=O) groups excluding carboxylic acids is 1. The largest absolute Gasteiger partial charge is 0.380 e. The molecule has 3 heteroatoms. The fraction of sp³-hybridized carbons (Fsp3) is 0.964. The first-order valence-electron chi connectivity index (χ1n) is 13.7. The van der Waals surface area contributed by atoms with E-state index in [0.29, 0.717) is 18.4 Å². The number of hydrogen-bond acceptors (Lipinski definition) is 2. The van der Waals surface area contributed by atoms with Crippen molar-refractivity contribution < 1.29 is 9.53 Å². The molecular formula is C28H57NO2. The summed E-state index contributed by atoms with van der Waals surface area (Å²) in [5.74, 6) is 0.139. The summed E-state index contributed by atoms with van der Waals surface area (Å²) >= 11 is 0. The normalized spacial score (nSPS) is 15.4. The first-order chi connectivity index (χ1) is 14.8. The van der Waals surface area contributed by atoms with E-state index < -0.39 is 0 Å². The Morgan fingerprint density at radius 3 is 1.94 bits per heavy atom. The van der Waals surface area contributed by atoms with Crippen molar-refractivity contribution in [3.63, 3.8) is 0 Å². The van der Waals surface area contributed by atoms with Gasteiger partial charge in [-0.15, -0.1) is 0 Å². The predicted octanol–water partition coefficient (Wildman–Crippen LogP) is 8.45. The third kappa shape index (κ3) is 16.7. The molecular weight excluding hydrogens is 382 g/mol. The Morgan fingerprint density at radius 1 is 0.710 bits per heavy atom. The minimum atomic E-state index is 0.139. The van der Waals surface area contributed by atoms with Crippen LogP contribution in [-0.4, -0.2) is 25.7 Å². The lowest BCUT2D eigenvalue weighted by Gasteiger charge is -2.29. The van der Waals surface area contributed by atoms with Crippen LogP contribution in [0.15, 0.2) is 0 Å². The SMILES string of the molecule is CCCCCCCC(C)(CC)CCCCNC(=O)CCOCC(C)(CCC)CCCC. The Labute approximate surface area is 195 Å². The average molecular weight is 440 g/mol. The van der Waals surface area contributed by atoms with Gasteiger partial charge in [0.2, 0.25) is 5.91 Å². The van der Waals surface area contributed by atoms with Crippen LogP contribution in [0.2, 0.25) is 0 Å². The molecule has 0 aliphatic heterocycles. The number of unbranched alkanes of at least 4 members (excludes halogenated alkanes) is 6. The molecule has 2 atom stereocenters. The van der Waals surface area contributed by atoms with E-state index in [9.17, 15) is 4.79 Å². The zero-order valence-electron chi connectivity index (χ0n) is 22.3. The molecule has 0 heterocycles. The molecule has 0 spiro atoms. The summed E-state index contributed by atoms with van der Waals surface area (Å²) in [6.45, 7) is 16.0. The summed E-state index contributed by atoms with van der Waals surface area (Å²) in [5.41, 5.74) is 0.746. The van der Waals surface area contributed by atoms with Gasteiger partial charge < -0.3 is 10.1 Å². The van der Waals surface area contributed by atoms with E-state index in [2.05, 4.69) is 46.9 Å². The van der Waals surface area contributed by atoms with Crippen LogP contribution < -0.4 is 5.32 Å². The molecule has 0 aliphatic carbocycles. The maximum Gasteiger partial charge on any atom is 0.222 e. The molecule has 1 amide bonds. The van der Waals surface area contributed by atoms with Crippen molar-refractivity contribution >= 4 is 5.91 Å². The summed E-state index contributed by atoms with van der Waals surface area (Å²) in [4.78, 5) is 12.1. The number of amides is 1. The van der Waals surface area contributed by atoms with Gasteiger partial charge >= 0.3 is 0 Å². The van der Waals surface area contributed by atoms with Crippen molar-refractivity contribution in [3.05, 3.63) is 0 Å². The van der Waals surface area contributed by atoms with E-state index in [-0.39, 0.29) is 11.3 Å². The Hall–Kier alpha value is -0.570. The van der Waals surface area contributed by atoms with Crippen LogP contribution in [-0.2, 0) is 9.53 Å². The molecule has 0 radical (unpaired) electrons. The van der Waals surface area contributed by atoms with Gasteiger partial charge in [-0.05, 0) is 42.9 Å². The molecule has 0 aromatic carbocycles. The molecule has 0 aliphatic rings. The smallest absolute Gasteiger partial charge is 0.222 e. The first kappa shape index (κ1) is 30.4. The van der Waals surface area contributed by atoms with Crippen molar-refractivity contribution in [3.8, 4) is 0 Å². The standard InChI is InChI=1S/C28H57NO2/c1-7-11-13-14-15-21-27(5,10-4)22-16-17-23-29-26(30)18-24-31-25-28(6,19-9-3)20-12-8-2/h7-25H2,1-6H3,(H,29,30). The topological polar surface area (TPSA) is 38.3 Å². The van der Waals surface area contributed by atoms with Gasteiger partial charge in [0.1, 0.15) is 0 Å². The molecule has 0 aromatic heterocycles. The maximum atomic E-state index is 12.1. The van der Waals surface area contributed by atoms with E-state index in [0.717, 1.165) is 19.6 Å². The molecule has 0 rings (SSSR count). The number of hydrogen-bond donors (Lipinski definition) is 1. The Kier molecular flexibility index (Phi) is 18.6. The predicted molar refractivity (Wildman–Crippen MR) is 137 cm³/mol. The molecule has 186 valence electrons. The monoisotopic (exact) mass is 439 g/mol. The molecule has 0 bridgehead atoms. The fourth-order valence-electron chi connectivity index (χ4n) is 4.59. The van der Waals surface area contributed by atoms with Crippen LogP contribution in [0.4, 0.5) is 0 Å². The average Bonchev–Trinajstić information content (AvgIpc) is 2.75. The highest BCUT2D eigenvalue weighted by atomic mass is 16.5. The maximum absolute atomic E-state index is 12.1. The highest BCUT2D eigenvalue weighted by Crippen LogP contribution is 2.34. The molecule has 0 saturated heterocycles. The lowest BCUT2D eigenvalue weighted by atomic mass is 9.78. The van der Waals surface area contributed by atoms with Gasteiger partial charge in [0.05, 0.1) is 13.2 Å². The molecule has 0 saturated carbocycles. The van der Waals surface area contributed by atoms with E-state index >= 15 is 0 Å². The third-order valence-corrected chi connectivity index (χ3v) is 7.18. The molecule has 0 fully saturated rings. The third-order valence-electron chi connectivity index (χ3n) is 7.18. The van der Waals surface area contributed by atoms with Crippen LogP contribution in [0.1, 0.15) is 144 Å². The minimum absolute atomic E-state index is 0.139. The Morgan fingerprint density at radius 2 is 1.32 bits per heavy atom. The number of nitrogens with one attached hydrogen (secondary N) is 1. The second-order valence-electron chi connectivity index (χ2n) is 10.6. The summed E-state index contributed by atoms with van der Waals surface area (Å²) in [6.07, 6.45) is 19.6. The van der Waals surface area contributed by atoms with E-state index in [1.165, 1.54) is 89.9 Å². The molecule has 0 aromatic rings. The summed E-state index contributed by atoms with van der Waals surface area (Å²) in [5, 5.41) is 3.09. The molecule has 1 N–H and O–H groups in total. The summed E-state index contributed by atoms with van der Waals surface area (Å²) in [7, 11) is 0. The molecule has 2 unspecified atom stereocenters. The van der Waals surface area contributed by atoms with Crippen LogP contribution in [0.25, 0.3) is 0 Å². The highest BCUT2D eigenvalue weighted by molar-refractivity contribution is 5.75. The van der Waals surface area contributed by atoms with Gasteiger partial charge in [-0.3, -0.25) is 4.79 Å². The van der Waals surface area contributed by atoms with Crippen molar-refractivity contribution in [2.24, 2.45) is 10.8 Å². The zero-order chi connectivity index (χ0) is 23.4. The van der Waals surface area contributed by atoms with Crippen molar-refractivity contribution in [2.75, 3.05) is 19.8 Å². The van der Waals surface area contributed by atoms with E-state index in [1.54, 1.807) is 0 Å². The minimum Gasteiger partial charge on any atom is -0.380 e. The summed E-state index contributed by atoms with van der Waals surface area (Å²) in [6, 6.07) is 0. The number of ether oxygens (including phenoxy) is 1. The van der Waals surface area contributed by atoms with Crippen LogP contribution in [0, 0.1) is 10.8 Å². The molecule has 31 heavy (non-hydrogen) atoms. The van der Waals surface area contributed by atoms with E-state index in [1.807, 2.05) is 0 Å². The highest BCUT2D eigenvalue weighted by Gasteiger charge is 2.23. The second kappa shape index (κ2) is 18.9. The van der Waals surface area contributed by atoms with Gasteiger partial charge in [0.15, 0.2) is 0 Å².